The van der Waals surface area contributed by atoms with Crippen molar-refractivity contribution in [3.05, 3.63) is 0 Å². The first-order valence-corrected chi connectivity index (χ1v) is 0. The maximum absolute atomic E-state index is 0. The van der Waals surface area contributed by atoms with Gasteiger partial charge in [-0.15, -0.1) is 0 Å². The topological polar surface area (TPSA) is 57.0 Å². The van der Waals surface area contributed by atoms with Crippen LogP contribution in [0.3, 0.4) is 0 Å². The fraction of sp³-hybridized carbons (Fsp3) is 0. The van der Waals surface area contributed by atoms with Crippen LogP contribution < -0.4 is 29.6 Å². The van der Waals surface area contributed by atoms with Crippen molar-refractivity contribution >= 4 is 0 Å². The molecule has 16 valence electrons. The van der Waals surface area contributed by atoms with Crippen LogP contribution in [-0.2, 0) is 32.7 Å². The van der Waals surface area contributed by atoms with E-state index >= 15 is 0 Å². The van der Waals surface area contributed by atoms with Gasteiger partial charge in [-0.2, -0.15) is 0 Å². The zero-order valence-electron chi connectivity index (χ0n) is 2.32. The second-order valence-corrected chi connectivity index (χ2v) is 0. The van der Waals surface area contributed by atoms with Crippen LogP contribution in [0.25, 0.3) is 0 Å². The Balaban J connectivity index is 0. The summed E-state index contributed by atoms with van der Waals surface area (Å²) in [4.78, 5) is 0. The van der Waals surface area contributed by atoms with E-state index < -0.39 is 0 Å². The van der Waals surface area contributed by atoms with Crippen molar-refractivity contribution in [3.8, 4) is 0 Å². The fourth-order valence-corrected chi connectivity index (χ4v) is 0. The quantitative estimate of drug-likeness (QED) is 0.289. The van der Waals surface area contributed by atoms with Gasteiger partial charge in [-0.05, 0) is 0 Å². The molecule has 0 aliphatic heterocycles. The molecular formula is NaO2Ti+. The Hall–Kier alpha value is 1.63. The Morgan fingerprint density at radius 1 is 0.750 bits per heavy atom. The maximum Gasteiger partial charge on any atom is 4.00 e. The molecule has 0 spiro atoms. The summed E-state index contributed by atoms with van der Waals surface area (Å²) in [5.41, 5.74) is 0. The number of hydrogen-bond donors (Lipinski definition) is 0. The Bertz CT molecular complexity index is 6.00. The average molecular weight is 103 g/mol. The molecule has 2 nitrogen and oxygen atoms in total. The third kappa shape index (κ3) is 9.44. The van der Waals surface area contributed by atoms with E-state index in [0.717, 1.165) is 0 Å². The monoisotopic (exact) mass is 103 g/mol. The normalized spacial score (nSPS) is 0. The van der Waals surface area contributed by atoms with Crippen molar-refractivity contribution in [1.29, 1.82) is 0 Å². The molecule has 0 amide bonds. The Morgan fingerprint density at radius 3 is 0.750 bits per heavy atom. The molecular weight excluding hydrogens is 103 g/mol. The van der Waals surface area contributed by atoms with Gasteiger partial charge in [-0.1, -0.05) is 0 Å². The largest absolute Gasteiger partial charge is 4.00 e. The Morgan fingerprint density at radius 2 is 0.750 bits per heavy atom. The first-order valence-electron chi connectivity index (χ1n) is 0. The summed E-state index contributed by atoms with van der Waals surface area (Å²) in [7, 11) is 0. The second kappa shape index (κ2) is 22.9. The van der Waals surface area contributed by atoms with E-state index in [1.807, 2.05) is 0 Å². The van der Waals surface area contributed by atoms with E-state index in [4.69, 9.17) is 0 Å². The van der Waals surface area contributed by atoms with Crippen LogP contribution in [0.1, 0.15) is 0 Å². The molecule has 0 saturated heterocycles. The van der Waals surface area contributed by atoms with Crippen molar-refractivity contribution in [2.24, 2.45) is 0 Å². The van der Waals surface area contributed by atoms with Gasteiger partial charge in [0, 0.05) is 0 Å². The van der Waals surface area contributed by atoms with E-state index in [9.17, 15) is 0 Å². The van der Waals surface area contributed by atoms with E-state index in [-0.39, 0.29) is 62.2 Å². The molecule has 0 aliphatic carbocycles. The van der Waals surface area contributed by atoms with Gasteiger partial charge in [0.25, 0.3) is 0 Å². The van der Waals surface area contributed by atoms with Gasteiger partial charge < -0.3 is 11.0 Å². The van der Waals surface area contributed by atoms with E-state index in [2.05, 4.69) is 0 Å². The van der Waals surface area contributed by atoms with Crippen molar-refractivity contribution in [3.63, 3.8) is 0 Å². The predicted octanol–water partition coefficient (Wildman–Crippen LogP) is -3.24. The third-order valence-electron chi connectivity index (χ3n) is 0. The fourth-order valence-electron chi connectivity index (χ4n) is 0. The molecule has 0 aromatic rings. The molecule has 0 rings (SSSR count). The van der Waals surface area contributed by atoms with Crippen LogP contribution in [0, 0.1) is 0 Å². The van der Waals surface area contributed by atoms with Gasteiger partial charge in [0.05, 0.1) is 0 Å². The molecule has 0 bridgehead atoms. The third-order valence-corrected chi connectivity index (χ3v) is 0. The predicted molar refractivity (Wildman–Crippen MR) is 1.37 cm³/mol. The summed E-state index contributed by atoms with van der Waals surface area (Å²) in [5, 5.41) is 0. The van der Waals surface area contributed by atoms with Crippen molar-refractivity contribution in [2.45, 2.75) is 0 Å². The number of rotatable bonds is 0. The molecule has 0 saturated carbocycles. The summed E-state index contributed by atoms with van der Waals surface area (Å²) >= 11 is 0. The van der Waals surface area contributed by atoms with Gasteiger partial charge in [-0.25, -0.2) is 0 Å². The smallest absolute Gasteiger partial charge is 2.00 e. The van der Waals surface area contributed by atoms with Gasteiger partial charge >= 0.3 is 51.3 Å². The minimum absolute atomic E-state index is 0. The summed E-state index contributed by atoms with van der Waals surface area (Å²) in [6.45, 7) is 0. The molecule has 0 aromatic heterocycles. The van der Waals surface area contributed by atoms with Gasteiger partial charge in [0.1, 0.15) is 0 Å². The summed E-state index contributed by atoms with van der Waals surface area (Å²) in [6, 6.07) is 0. The molecule has 4 heteroatoms. The van der Waals surface area contributed by atoms with Crippen molar-refractivity contribution in [2.75, 3.05) is 0 Å². The minimum Gasteiger partial charge on any atom is -2.00 e. The molecule has 0 unspecified atom stereocenters. The Kier molecular flexibility index (Phi) is 260. The minimum atomic E-state index is 0. The van der Waals surface area contributed by atoms with Crippen molar-refractivity contribution in [1.82, 2.24) is 0 Å². The first-order chi connectivity index (χ1) is 0. The maximum atomic E-state index is 0. The SMILES string of the molecule is [Na+].[O-2].[O-2].[Ti+4]. The van der Waals surface area contributed by atoms with Crippen LogP contribution in [0.5, 0.6) is 0 Å². The zero-order valence-corrected chi connectivity index (χ0v) is 5.88. The zero-order chi connectivity index (χ0) is 0. The second-order valence-electron chi connectivity index (χ2n) is 0. The Labute approximate surface area is 61.7 Å². The average Bonchev–Trinajstić information content (AvgIpc) is 0. The molecule has 0 aromatic carbocycles. The van der Waals surface area contributed by atoms with Crippen LogP contribution >= 0.6 is 0 Å². The van der Waals surface area contributed by atoms with Gasteiger partial charge in [0.2, 0.25) is 0 Å². The van der Waals surface area contributed by atoms with Crippen LogP contribution in [0.2, 0.25) is 0 Å². The summed E-state index contributed by atoms with van der Waals surface area (Å²) in [6.07, 6.45) is 0. The van der Waals surface area contributed by atoms with Crippen molar-refractivity contribution < 1.29 is 62.2 Å². The molecule has 0 atom stereocenters. The standard InChI is InChI=1S/Na.2O.Ti/q+1;2*-2;+4. The number of hydrogen-bond acceptors (Lipinski definition) is 0. The molecule has 0 radical (unpaired) electrons. The summed E-state index contributed by atoms with van der Waals surface area (Å²) < 4.78 is 0. The van der Waals surface area contributed by atoms with E-state index in [1.54, 1.807) is 0 Å². The van der Waals surface area contributed by atoms with Gasteiger partial charge in [0.15, 0.2) is 0 Å². The van der Waals surface area contributed by atoms with E-state index in [1.165, 1.54) is 0 Å². The molecule has 0 N–H and O–H groups in total. The molecule has 0 fully saturated rings. The van der Waals surface area contributed by atoms with Crippen LogP contribution in [-0.4, -0.2) is 0 Å². The van der Waals surface area contributed by atoms with Crippen LogP contribution in [0.4, 0.5) is 0 Å². The molecule has 4 heavy (non-hydrogen) atoms. The first kappa shape index (κ1) is 45.3. The summed E-state index contributed by atoms with van der Waals surface area (Å²) in [5.74, 6) is 0. The molecule has 0 aliphatic rings. The molecule has 0 heterocycles. The van der Waals surface area contributed by atoms with Crippen LogP contribution in [0.15, 0.2) is 0 Å². The van der Waals surface area contributed by atoms with E-state index in [0.29, 0.717) is 0 Å². The van der Waals surface area contributed by atoms with Gasteiger partial charge in [-0.3, -0.25) is 0 Å².